The maximum absolute atomic E-state index is 12.8. The maximum atomic E-state index is 12.8. The molecule has 0 heterocycles. The summed E-state index contributed by atoms with van der Waals surface area (Å²) >= 11 is 0. The molecule has 0 amide bonds. The van der Waals surface area contributed by atoms with Crippen molar-refractivity contribution in [2.24, 2.45) is 5.73 Å². The lowest BCUT2D eigenvalue weighted by atomic mass is 10.1. The number of halogens is 2. The van der Waals surface area contributed by atoms with E-state index in [0.29, 0.717) is 6.54 Å². The van der Waals surface area contributed by atoms with Gasteiger partial charge in [0.1, 0.15) is 0 Å². The fourth-order valence-corrected chi connectivity index (χ4v) is 1.35. The SMILES string of the molecule is NCCCCCc1ccc(F)c(F)c1. The zero-order valence-corrected chi connectivity index (χ0v) is 8.10. The highest BCUT2D eigenvalue weighted by Crippen LogP contribution is 2.11. The summed E-state index contributed by atoms with van der Waals surface area (Å²) in [7, 11) is 0. The summed E-state index contributed by atoms with van der Waals surface area (Å²) < 4.78 is 25.3. The molecule has 2 N–H and O–H groups in total. The third kappa shape index (κ3) is 3.42. The minimum absolute atomic E-state index is 0.692. The predicted octanol–water partition coefficient (Wildman–Crippen LogP) is 2.64. The average molecular weight is 199 g/mol. The van der Waals surface area contributed by atoms with E-state index < -0.39 is 11.6 Å². The maximum Gasteiger partial charge on any atom is 0.159 e. The molecule has 0 atom stereocenters. The predicted molar refractivity (Wildman–Crippen MR) is 53.0 cm³/mol. The van der Waals surface area contributed by atoms with Gasteiger partial charge in [0.2, 0.25) is 0 Å². The molecule has 0 aromatic heterocycles. The van der Waals surface area contributed by atoms with Gasteiger partial charge in [0.25, 0.3) is 0 Å². The second-order valence-corrected chi connectivity index (χ2v) is 3.35. The number of aryl methyl sites for hydroxylation is 1. The number of hydrogen-bond donors (Lipinski definition) is 1. The van der Waals surface area contributed by atoms with E-state index in [9.17, 15) is 8.78 Å². The molecule has 1 rings (SSSR count). The van der Waals surface area contributed by atoms with Crippen LogP contribution in [-0.2, 0) is 6.42 Å². The zero-order valence-electron chi connectivity index (χ0n) is 8.10. The third-order valence-electron chi connectivity index (χ3n) is 2.15. The molecule has 1 aromatic carbocycles. The fraction of sp³-hybridized carbons (Fsp3) is 0.455. The topological polar surface area (TPSA) is 26.0 Å². The van der Waals surface area contributed by atoms with Gasteiger partial charge in [-0.3, -0.25) is 0 Å². The van der Waals surface area contributed by atoms with E-state index in [1.54, 1.807) is 6.07 Å². The number of rotatable bonds is 5. The Bertz CT molecular complexity index is 287. The van der Waals surface area contributed by atoms with Crippen LogP contribution in [0.4, 0.5) is 8.78 Å². The van der Waals surface area contributed by atoms with E-state index in [-0.39, 0.29) is 0 Å². The first-order valence-corrected chi connectivity index (χ1v) is 4.88. The van der Waals surface area contributed by atoms with Crippen molar-refractivity contribution in [1.29, 1.82) is 0 Å². The Balaban J connectivity index is 2.39. The van der Waals surface area contributed by atoms with Gasteiger partial charge in [0.15, 0.2) is 11.6 Å². The Labute approximate surface area is 82.9 Å². The first-order chi connectivity index (χ1) is 6.74. The second kappa shape index (κ2) is 5.70. The molecule has 0 saturated heterocycles. The van der Waals surface area contributed by atoms with Crippen molar-refractivity contribution in [3.63, 3.8) is 0 Å². The minimum Gasteiger partial charge on any atom is -0.330 e. The summed E-state index contributed by atoms with van der Waals surface area (Å²) in [6, 6.07) is 4.06. The van der Waals surface area contributed by atoms with Crippen LogP contribution in [0, 0.1) is 11.6 Å². The monoisotopic (exact) mass is 199 g/mol. The van der Waals surface area contributed by atoms with Crippen LogP contribution < -0.4 is 5.73 Å². The highest BCUT2D eigenvalue weighted by molar-refractivity contribution is 5.17. The molecule has 78 valence electrons. The molecule has 1 nitrogen and oxygen atoms in total. The van der Waals surface area contributed by atoms with Crippen LogP contribution in [0.3, 0.4) is 0 Å². The molecule has 1 aromatic rings. The Morgan fingerprint density at radius 1 is 1.00 bits per heavy atom. The van der Waals surface area contributed by atoms with E-state index in [1.807, 2.05) is 0 Å². The summed E-state index contributed by atoms with van der Waals surface area (Å²) in [4.78, 5) is 0. The Morgan fingerprint density at radius 3 is 2.43 bits per heavy atom. The molecule has 0 fully saturated rings. The average Bonchev–Trinajstić information content (AvgIpc) is 2.18. The lowest BCUT2D eigenvalue weighted by Crippen LogP contribution is -1.98. The summed E-state index contributed by atoms with van der Waals surface area (Å²) in [5, 5.41) is 0. The Kier molecular flexibility index (Phi) is 4.53. The van der Waals surface area contributed by atoms with E-state index >= 15 is 0 Å². The quantitative estimate of drug-likeness (QED) is 0.725. The van der Waals surface area contributed by atoms with Gasteiger partial charge in [-0.1, -0.05) is 12.5 Å². The van der Waals surface area contributed by atoms with Crippen LogP contribution in [0.2, 0.25) is 0 Å². The molecular weight excluding hydrogens is 184 g/mol. The Morgan fingerprint density at radius 2 is 1.79 bits per heavy atom. The van der Waals surface area contributed by atoms with Crippen molar-refractivity contribution in [1.82, 2.24) is 0 Å². The highest BCUT2D eigenvalue weighted by atomic mass is 19.2. The fourth-order valence-electron chi connectivity index (χ4n) is 1.35. The molecule has 0 unspecified atom stereocenters. The van der Waals surface area contributed by atoms with Gasteiger partial charge in [-0.2, -0.15) is 0 Å². The van der Waals surface area contributed by atoms with Crippen LogP contribution in [0.15, 0.2) is 18.2 Å². The van der Waals surface area contributed by atoms with Gasteiger partial charge in [-0.25, -0.2) is 8.78 Å². The third-order valence-corrected chi connectivity index (χ3v) is 2.15. The van der Waals surface area contributed by atoms with Gasteiger partial charge in [0, 0.05) is 0 Å². The van der Waals surface area contributed by atoms with Gasteiger partial charge >= 0.3 is 0 Å². The summed E-state index contributed by atoms with van der Waals surface area (Å²) in [5.41, 5.74) is 6.19. The van der Waals surface area contributed by atoms with E-state index in [2.05, 4.69) is 0 Å². The van der Waals surface area contributed by atoms with Crippen molar-refractivity contribution < 1.29 is 8.78 Å². The molecular formula is C11H15F2N. The van der Waals surface area contributed by atoms with Crippen LogP contribution in [0.5, 0.6) is 0 Å². The van der Waals surface area contributed by atoms with Crippen molar-refractivity contribution in [2.75, 3.05) is 6.54 Å². The normalized spacial score (nSPS) is 10.5. The summed E-state index contributed by atoms with van der Waals surface area (Å²) in [5.74, 6) is -1.54. The number of unbranched alkanes of at least 4 members (excludes halogenated alkanes) is 2. The van der Waals surface area contributed by atoms with Gasteiger partial charge in [-0.05, 0) is 43.5 Å². The number of nitrogens with two attached hydrogens (primary N) is 1. The van der Waals surface area contributed by atoms with Crippen molar-refractivity contribution in [3.05, 3.63) is 35.4 Å². The molecule has 3 heteroatoms. The molecule has 14 heavy (non-hydrogen) atoms. The molecule has 0 aliphatic rings. The van der Waals surface area contributed by atoms with E-state index in [0.717, 1.165) is 31.2 Å². The standard InChI is InChI=1S/C11H15F2N/c12-10-6-5-9(8-11(10)13)4-2-1-3-7-14/h5-6,8H,1-4,7,14H2. The van der Waals surface area contributed by atoms with Crippen LogP contribution >= 0.6 is 0 Å². The van der Waals surface area contributed by atoms with E-state index in [1.165, 1.54) is 12.1 Å². The van der Waals surface area contributed by atoms with E-state index in [4.69, 9.17) is 5.73 Å². The molecule has 0 spiro atoms. The first kappa shape index (κ1) is 11.1. The molecule has 0 saturated carbocycles. The number of benzene rings is 1. The smallest absolute Gasteiger partial charge is 0.159 e. The lowest BCUT2D eigenvalue weighted by Gasteiger charge is -2.01. The molecule has 0 aliphatic heterocycles. The molecule has 0 radical (unpaired) electrons. The summed E-state index contributed by atoms with van der Waals surface area (Å²) in [6.07, 6.45) is 3.79. The zero-order chi connectivity index (χ0) is 10.4. The van der Waals surface area contributed by atoms with Crippen molar-refractivity contribution in [3.8, 4) is 0 Å². The van der Waals surface area contributed by atoms with Gasteiger partial charge in [-0.15, -0.1) is 0 Å². The van der Waals surface area contributed by atoms with Crippen molar-refractivity contribution >= 4 is 0 Å². The Hall–Kier alpha value is -0.960. The largest absolute Gasteiger partial charge is 0.330 e. The van der Waals surface area contributed by atoms with Crippen LogP contribution in [0.25, 0.3) is 0 Å². The molecule has 0 aliphatic carbocycles. The summed E-state index contributed by atoms with van der Waals surface area (Å²) in [6.45, 7) is 0.692. The lowest BCUT2D eigenvalue weighted by molar-refractivity contribution is 0.506. The van der Waals surface area contributed by atoms with Gasteiger partial charge in [0.05, 0.1) is 0 Å². The molecule has 0 bridgehead atoms. The number of hydrogen-bond acceptors (Lipinski definition) is 1. The van der Waals surface area contributed by atoms with Gasteiger partial charge < -0.3 is 5.73 Å². The van der Waals surface area contributed by atoms with Crippen LogP contribution in [0.1, 0.15) is 24.8 Å². The van der Waals surface area contributed by atoms with Crippen LogP contribution in [-0.4, -0.2) is 6.54 Å². The minimum atomic E-state index is -0.782. The van der Waals surface area contributed by atoms with Crippen molar-refractivity contribution in [2.45, 2.75) is 25.7 Å². The first-order valence-electron chi connectivity index (χ1n) is 4.88. The second-order valence-electron chi connectivity index (χ2n) is 3.35. The highest BCUT2D eigenvalue weighted by Gasteiger charge is 2.01.